The van der Waals surface area contributed by atoms with Crippen LogP contribution in [0.1, 0.15) is 11.1 Å². The number of hydrogen-bond acceptors (Lipinski definition) is 1. The predicted molar refractivity (Wildman–Crippen MR) is 94.2 cm³/mol. The van der Waals surface area contributed by atoms with Gasteiger partial charge in [-0.05, 0) is 22.8 Å². The van der Waals surface area contributed by atoms with E-state index in [9.17, 15) is 0 Å². The molecule has 1 aromatic heterocycles. The number of nitrogens with zero attached hydrogens (tertiary/aromatic N) is 1. The molecule has 110 valence electrons. The van der Waals surface area contributed by atoms with Crippen LogP contribution in [0.5, 0.6) is 0 Å². The lowest BCUT2D eigenvalue weighted by Gasteiger charge is -2.14. The number of aromatic nitrogens is 1. The number of halogens is 2. The molecular formula is C19H15Cl2N. The first-order valence-corrected chi connectivity index (χ1v) is 8.15. The molecule has 1 heterocycles. The SMILES string of the molecule is ClCc1ccccc1-c1cccnc1-c1ccccc1CCl. The maximum atomic E-state index is 6.10. The summed E-state index contributed by atoms with van der Waals surface area (Å²) in [6, 6.07) is 20.3. The van der Waals surface area contributed by atoms with Gasteiger partial charge in [-0.1, -0.05) is 54.6 Å². The third-order valence-corrected chi connectivity index (χ3v) is 4.25. The molecule has 0 unspecified atom stereocenters. The van der Waals surface area contributed by atoms with E-state index in [1.165, 1.54) is 0 Å². The fourth-order valence-corrected chi connectivity index (χ4v) is 3.07. The monoisotopic (exact) mass is 327 g/mol. The van der Waals surface area contributed by atoms with E-state index in [1.807, 2.05) is 48.7 Å². The van der Waals surface area contributed by atoms with Gasteiger partial charge in [0.1, 0.15) is 0 Å². The summed E-state index contributed by atoms with van der Waals surface area (Å²) in [7, 11) is 0. The van der Waals surface area contributed by atoms with Gasteiger partial charge in [-0.25, -0.2) is 0 Å². The van der Waals surface area contributed by atoms with Crippen molar-refractivity contribution in [1.82, 2.24) is 4.98 Å². The summed E-state index contributed by atoms with van der Waals surface area (Å²) in [5.74, 6) is 0.936. The Labute approximate surface area is 140 Å². The highest BCUT2D eigenvalue weighted by atomic mass is 35.5. The first kappa shape index (κ1) is 15.1. The zero-order valence-electron chi connectivity index (χ0n) is 12.0. The Hall–Kier alpha value is -1.83. The smallest absolute Gasteiger partial charge is 0.0783 e. The van der Waals surface area contributed by atoms with Gasteiger partial charge in [0.25, 0.3) is 0 Å². The molecule has 0 saturated heterocycles. The molecule has 1 nitrogen and oxygen atoms in total. The molecule has 0 N–H and O–H groups in total. The van der Waals surface area contributed by atoms with Crippen molar-refractivity contribution in [3.8, 4) is 22.4 Å². The summed E-state index contributed by atoms with van der Waals surface area (Å²) in [5.41, 5.74) is 6.38. The van der Waals surface area contributed by atoms with Crippen LogP contribution in [0.2, 0.25) is 0 Å². The Morgan fingerprint density at radius 3 is 1.86 bits per heavy atom. The van der Waals surface area contributed by atoms with Gasteiger partial charge in [-0.2, -0.15) is 0 Å². The van der Waals surface area contributed by atoms with E-state index in [0.717, 1.165) is 33.5 Å². The Morgan fingerprint density at radius 2 is 1.18 bits per heavy atom. The molecule has 0 amide bonds. The number of rotatable bonds is 4. The lowest BCUT2D eigenvalue weighted by atomic mass is 9.94. The molecule has 0 radical (unpaired) electrons. The number of alkyl halides is 2. The molecule has 0 spiro atoms. The summed E-state index contributed by atoms with van der Waals surface area (Å²) in [4.78, 5) is 4.61. The van der Waals surface area contributed by atoms with E-state index in [2.05, 4.69) is 23.2 Å². The van der Waals surface area contributed by atoms with Gasteiger partial charge in [0.15, 0.2) is 0 Å². The van der Waals surface area contributed by atoms with Crippen molar-refractivity contribution in [1.29, 1.82) is 0 Å². The largest absolute Gasteiger partial charge is 0.256 e. The Balaban J connectivity index is 2.23. The minimum Gasteiger partial charge on any atom is -0.256 e. The normalized spacial score (nSPS) is 10.6. The van der Waals surface area contributed by atoms with E-state index in [4.69, 9.17) is 23.2 Å². The Morgan fingerprint density at radius 1 is 0.636 bits per heavy atom. The van der Waals surface area contributed by atoms with E-state index < -0.39 is 0 Å². The van der Waals surface area contributed by atoms with E-state index >= 15 is 0 Å². The average molecular weight is 328 g/mol. The van der Waals surface area contributed by atoms with Crippen LogP contribution in [0.15, 0.2) is 66.9 Å². The van der Waals surface area contributed by atoms with Crippen molar-refractivity contribution < 1.29 is 0 Å². The van der Waals surface area contributed by atoms with E-state index in [1.54, 1.807) is 0 Å². The fourth-order valence-electron chi connectivity index (χ4n) is 2.60. The van der Waals surface area contributed by atoms with Gasteiger partial charge < -0.3 is 0 Å². The highest BCUT2D eigenvalue weighted by molar-refractivity contribution is 6.18. The van der Waals surface area contributed by atoms with Gasteiger partial charge >= 0.3 is 0 Å². The molecule has 0 atom stereocenters. The van der Waals surface area contributed by atoms with Crippen molar-refractivity contribution in [2.75, 3.05) is 0 Å². The zero-order chi connectivity index (χ0) is 15.4. The summed E-state index contributed by atoms with van der Waals surface area (Å²) in [6.07, 6.45) is 1.81. The zero-order valence-corrected chi connectivity index (χ0v) is 13.5. The van der Waals surface area contributed by atoms with Gasteiger partial charge in [-0.15, -0.1) is 23.2 Å². The summed E-state index contributed by atoms with van der Waals surface area (Å²) in [5, 5.41) is 0. The minimum absolute atomic E-state index is 0.462. The average Bonchev–Trinajstić information content (AvgIpc) is 2.61. The molecule has 22 heavy (non-hydrogen) atoms. The fraction of sp³-hybridized carbons (Fsp3) is 0.105. The molecular weight excluding hydrogens is 313 g/mol. The second kappa shape index (κ2) is 6.95. The van der Waals surface area contributed by atoms with Crippen LogP contribution >= 0.6 is 23.2 Å². The Bertz CT molecular complexity index is 717. The molecule has 3 heteroatoms. The van der Waals surface area contributed by atoms with Crippen molar-refractivity contribution >= 4 is 23.2 Å². The molecule has 3 rings (SSSR count). The second-order valence-corrected chi connectivity index (χ2v) is 5.52. The van der Waals surface area contributed by atoms with Crippen molar-refractivity contribution in [2.24, 2.45) is 0 Å². The maximum absolute atomic E-state index is 6.10. The molecule has 0 bridgehead atoms. The van der Waals surface area contributed by atoms with Gasteiger partial charge in [0.05, 0.1) is 5.69 Å². The van der Waals surface area contributed by atoms with Crippen molar-refractivity contribution in [3.63, 3.8) is 0 Å². The van der Waals surface area contributed by atoms with Crippen LogP contribution in [-0.4, -0.2) is 4.98 Å². The van der Waals surface area contributed by atoms with Crippen LogP contribution in [0.25, 0.3) is 22.4 Å². The standard InChI is InChI=1S/C19H15Cl2N/c20-12-14-6-1-3-8-16(14)18-10-5-11-22-19(18)17-9-4-2-7-15(17)13-21/h1-11H,12-13H2. The van der Waals surface area contributed by atoms with Crippen LogP contribution in [-0.2, 0) is 11.8 Å². The highest BCUT2D eigenvalue weighted by Crippen LogP contribution is 2.34. The first-order valence-electron chi connectivity index (χ1n) is 7.08. The lowest BCUT2D eigenvalue weighted by molar-refractivity contribution is 1.28. The number of pyridine rings is 1. The molecule has 0 saturated carbocycles. The van der Waals surface area contributed by atoms with Crippen LogP contribution < -0.4 is 0 Å². The molecule has 0 aliphatic carbocycles. The third-order valence-electron chi connectivity index (χ3n) is 3.68. The van der Waals surface area contributed by atoms with E-state index in [-0.39, 0.29) is 0 Å². The molecule has 0 aliphatic heterocycles. The maximum Gasteiger partial charge on any atom is 0.0783 e. The quantitative estimate of drug-likeness (QED) is 0.544. The van der Waals surface area contributed by atoms with E-state index in [0.29, 0.717) is 11.8 Å². The molecule has 0 fully saturated rings. The van der Waals surface area contributed by atoms with Crippen molar-refractivity contribution in [3.05, 3.63) is 78.0 Å². The second-order valence-electron chi connectivity index (χ2n) is 4.98. The lowest BCUT2D eigenvalue weighted by Crippen LogP contribution is -1.94. The molecule has 2 aromatic carbocycles. The van der Waals surface area contributed by atoms with Gasteiger partial charge in [0.2, 0.25) is 0 Å². The summed E-state index contributed by atoms with van der Waals surface area (Å²) >= 11 is 12.2. The Kier molecular flexibility index (Phi) is 4.77. The van der Waals surface area contributed by atoms with Gasteiger partial charge in [0, 0.05) is 29.1 Å². The minimum atomic E-state index is 0.462. The van der Waals surface area contributed by atoms with Crippen LogP contribution in [0.3, 0.4) is 0 Å². The molecule has 0 aliphatic rings. The third kappa shape index (κ3) is 2.87. The number of hydrogen-bond donors (Lipinski definition) is 0. The van der Waals surface area contributed by atoms with Crippen molar-refractivity contribution in [2.45, 2.75) is 11.8 Å². The first-order chi connectivity index (χ1) is 10.8. The summed E-state index contributed by atoms with van der Waals surface area (Å²) in [6.45, 7) is 0. The van der Waals surface area contributed by atoms with Gasteiger partial charge in [-0.3, -0.25) is 4.98 Å². The predicted octanol–water partition coefficient (Wildman–Crippen LogP) is 5.89. The highest BCUT2D eigenvalue weighted by Gasteiger charge is 2.13. The van der Waals surface area contributed by atoms with Crippen LogP contribution in [0.4, 0.5) is 0 Å². The van der Waals surface area contributed by atoms with Crippen LogP contribution in [0, 0.1) is 0 Å². The number of benzene rings is 2. The topological polar surface area (TPSA) is 12.9 Å². The molecule has 3 aromatic rings. The summed E-state index contributed by atoms with van der Waals surface area (Å²) < 4.78 is 0.